The minimum atomic E-state index is -2.19. The molecule has 2 fully saturated rings. The number of nitrogens with one attached hydrogen (secondary N) is 1. The number of halogens is 3. The summed E-state index contributed by atoms with van der Waals surface area (Å²) in [6, 6.07) is 8.16. The molecule has 0 radical (unpaired) electrons. The lowest BCUT2D eigenvalue weighted by Crippen LogP contribution is -2.68. The van der Waals surface area contributed by atoms with Crippen LogP contribution in [0.5, 0.6) is 0 Å². The van der Waals surface area contributed by atoms with Crippen LogP contribution in [0.3, 0.4) is 0 Å². The molecule has 0 aromatic heterocycles. The second kappa shape index (κ2) is 10.3. The molecule has 0 saturated carbocycles. The van der Waals surface area contributed by atoms with Crippen LogP contribution in [0.4, 0.5) is 0 Å². The summed E-state index contributed by atoms with van der Waals surface area (Å²) < 4.78 is 36.4. The Morgan fingerprint density at radius 1 is 1.12 bits per heavy atom. The Hall–Kier alpha value is -1.66. The van der Waals surface area contributed by atoms with E-state index in [9.17, 15) is 9.59 Å². The van der Waals surface area contributed by atoms with Crippen LogP contribution in [-0.4, -0.2) is 78.9 Å². The van der Waals surface area contributed by atoms with Gasteiger partial charge >= 0.3 is 11.9 Å². The molecule has 3 rings (SSSR count). The lowest BCUT2D eigenvalue weighted by Gasteiger charge is -2.49. The molecule has 2 aliphatic heterocycles. The Morgan fingerprint density at radius 2 is 1.79 bits per heavy atom. The number of rotatable bonds is 5. The minimum Gasteiger partial charge on any atom is -0.465 e. The highest BCUT2D eigenvalue weighted by atomic mass is 35.6. The first kappa shape index (κ1) is 26.0. The Morgan fingerprint density at radius 3 is 2.36 bits per heavy atom. The summed E-state index contributed by atoms with van der Waals surface area (Å²) in [6.45, 7) is 1.25. The molecular formula is C20H22Cl3NO9. The Bertz CT molecular complexity index is 881. The van der Waals surface area contributed by atoms with Gasteiger partial charge in [-0.25, -0.2) is 9.59 Å². The standard InChI is InChI=1S/C20H22Cl3NO9/c1-19(18(26)28-3)29-9-11-12(33-19)13(27-2)14(16(30-11)32-17(24)20(21,22)23)31-15(25)10-7-5-4-6-8-10/h4-8,11-14,16,24H,9H2,1-3H3/t11-,12-,13+,14-,16?,19+/m1/s1. The lowest BCUT2D eigenvalue weighted by atomic mass is 9.96. The number of esters is 2. The molecule has 1 aromatic rings. The molecule has 10 nitrogen and oxygen atoms in total. The van der Waals surface area contributed by atoms with Crippen molar-refractivity contribution >= 4 is 52.6 Å². The van der Waals surface area contributed by atoms with Crippen molar-refractivity contribution < 1.29 is 42.7 Å². The van der Waals surface area contributed by atoms with Gasteiger partial charge in [0.15, 0.2) is 6.10 Å². The fraction of sp³-hybridized carbons (Fsp3) is 0.550. The minimum absolute atomic E-state index is 0.129. The first-order valence-corrected chi connectivity index (χ1v) is 10.8. The van der Waals surface area contributed by atoms with Crippen molar-refractivity contribution in [3.8, 4) is 0 Å². The topological polar surface area (TPSA) is 123 Å². The van der Waals surface area contributed by atoms with Gasteiger partial charge in [0.05, 0.1) is 19.3 Å². The van der Waals surface area contributed by atoms with E-state index in [1.165, 1.54) is 21.1 Å². The van der Waals surface area contributed by atoms with Crippen LogP contribution in [0.1, 0.15) is 17.3 Å². The van der Waals surface area contributed by atoms with E-state index in [4.69, 9.17) is 73.4 Å². The summed E-state index contributed by atoms with van der Waals surface area (Å²) in [5.41, 5.74) is 0.247. The third kappa shape index (κ3) is 5.71. The third-order valence-electron chi connectivity index (χ3n) is 5.05. The van der Waals surface area contributed by atoms with Crippen LogP contribution >= 0.6 is 34.8 Å². The average molecular weight is 527 g/mol. The van der Waals surface area contributed by atoms with Gasteiger partial charge in [-0.3, -0.25) is 5.41 Å². The normalized spacial score (nSPS) is 31.8. The number of benzene rings is 1. The number of hydrogen-bond donors (Lipinski definition) is 1. The van der Waals surface area contributed by atoms with E-state index < -0.39 is 58.1 Å². The number of carbonyl (C=O) groups excluding carboxylic acids is 2. The maximum atomic E-state index is 12.8. The van der Waals surface area contributed by atoms with Crippen molar-refractivity contribution in [3.05, 3.63) is 35.9 Å². The van der Waals surface area contributed by atoms with Crippen LogP contribution in [0.15, 0.2) is 30.3 Å². The summed E-state index contributed by atoms with van der Waals surface area (Å²) >= 11 is 17.2. The molecule has 6 atom stereocenters. The van der Waals surface area contributed by atoms with Crippen molar-refractivity contribution in [2.75, 3.05) is 20.8 Å². The van der Waals surface area contributed by atoms with E-state index >= 15 is 0 Å². The number of ether oxygens (including phenoxy) is 7. The summed E-state index contributed by atoms with van der Waals surface area (Å²) in [5.74, 6) is -4.00. The van der Waals surface area contributed by atoms with Gasteiger partial charge in [-0.1, -0.05) is 53.0 Å². The van der Waals surface area contributed by atoms with Gasteiger partial charge in [-0.05, 0) is 12.1 Å². The molecule has 2 aliphatic rings. The lowest BCUT2D eigenvalue weighted by molar-refractivity contribution is -0.373. The van der Waals surface area contributed by atoms with Gasteiger partial charge in [0.25, 0.3) is 9.58 Å². The fourth-order valence-electron chi connectivity index (χ4n) is 3.42. The summed E-state index contributed by atoms with van der Waals surface area (Å²) in [7, 11) is 2.54. The van der Waals surface area contributed by atoms with Gasteiger partial charge in [-0.2, -0.15) is 0 Å². The third-order valence-corrected chi connectivity index (χ3v) is 5.56. The van der Waals surface area contributed by atoms with Crippen LogP contribution in [0.2, 0.25) is 0 Å². The number of alkyl halides is 3. The first-order chi connectivity index (χ1) is 15.5. The van der Waals surface area contributed by atoms with Gasteiger partial charge in [0.1, 0.15) is 18.3 Å². The van der Waals surface area contributed by atoms with Crippen molar-refractivity contribution in [1.29, 1.82) is 5.41 Å². The second-order valence-corrected chi connectivity index (χ2v) is 9.54. The van der Waals surface area contributed by atoms with Crippen molar-refractivity contribution in [3.63, 3.8) is 0 Å². The van der Waals surface area contributed by atoms with Gasteiger partial charge in [0.2, 0.25) is 12.2 Å². The number of hydrogen-bond acceptors (Lipinski definition) is 10. The molecule has 0 bridgehead atoms. The highest BCUT2D eigenvalue weighted by Gasteiger charge is 2.57. The molecule has 1 unspecified atom stereocenters. The molecule has 0 aliphatic carbocycles. The smallest absolute Gasteiger partial charge is 0.366 e. The first-order valence-electron chi connectivity index (χ1n) is 9.67. The monoisotopic (exact) mass is 525 g/mol. The summed E-state index contributed by atoms with van der Waals surface area (Å²) in [4.78, 5) is 25.0. The van der Waals surface area contributed by atoms with E-state index in [2.05, 4.69) is 0 Å². The molecular weight excluding hydrogens is 505 g/mol. The van der Waals surface area contributed by atoms with E-state index in [0.29, 0.717) is 0 Å². The molecule has 1 aromatic carbocycles. The highest BCUT2D eigenvalue weighted by Crippen LogP contribution is 2.37. The van der Waals surface area contributed by atoms with Gasteiger partial charge in [-0.15, -0.1) is 0 Å². The van der Waals surface area contributed by atoms with Crippen LogP contribution < -0.4 is 0 Å². The zero-order valence-electron chi connectivity index (χ0n) is 17.8. The Labute approximate surface area is 204 Å². The molecule has 2 heterocycles. The Balaban J connectivity index is 1.91. The van der Waals surface area contributed by atoms with Gasteiger partial charge < -0.3 is 33.2 Å². The molecule has 182 valence electrons. The number of fused-ring (bicyclic) bond motifs is 1. The maximum Gasteiger partial charge on any atom is 0.366 e. The van der Waals surface area contributed by atoms with Crippen molar-refractivity contribution in [1.82, 2.24) is 0 Å². The predicted octanol–water partition coefficient (Wildman–Crippen LogP) is 2.62. The van der Waals surface area contributed by atoms with Crippen LogP contribution in [-0.2, 0) is 38.0 Å². The molecule has 13 heteroatoms. The second-order valence-electron chi connectivity index (χ2n) is 7.25. The summed E-state index contributed by atoms with van der Waals surface area (Å²) in [6.07, 6.45) is -5.49. The van der Waals surface area contributed by atoms with Crippen molar-refractivity contribution in [2.24, 2.45) is 0 Å². The zero-order chi connectivity index (χ0) is 24.4. The Kier molecular flexibility index (Phi) is 8.11. The van der Waals surface area contributed by atoms with Crippen molar-refractivity contribution in [2.45, 2.75) is 47.2 Å². The molecule has 0 spiro atoms. The van der Waals surface area contributed by atoms with E-state index in [1.807, 2.05) is 0 Å². The van der Waals surface area contributed by atoms with Crippen LogP contribution in [0.25, 0.3) is 0 Å². The largest absolute Gasteiger partial charge is 0.465 e. The van der Waals surface area contributed by atoms with Gasteiger partial charge in [0, 0.05) is 14.0 Å². The SMILES string of the molecule is COC(=O)[C@@]1(C)OC[C@H]2OC(OC(=N)C(Cl)(Cl)Cl)[C@H](OC(=O)c3ccccc3)[C@@H](OC)[C@@H]2O1. The van der Waals surface area contributed by atoms with E-state index in [0.717, 1.165) is 0 Å². The molecule has 1 N–H and O–H groups in total. The number of methoxy groups -OCH3 is 2. The predicted molar refractivity (Wildman–Crippen MR) is 115 cm³/mol. The quantitative estimate of drug-likeness (QED) is 0.267. The highest BCUT2D eigenvalue weighted by molar-refractivity contribution is 6.76. The zero-order valence-corrected chi connectivity index (χ0v) is 20.1. The summed E-state index contributed by atoms with van der Waals surface area (Å²) in [5, 5.41) is 7.91. The molecule has 2 saturated heterocycles. The number of carbonyl (C=O) groups is 2. The van der Waals surface area contributed by atoms with E-state index in [-0.39, 0.29) is 12.2 Å². The fourth-order valence-corrected chi connectivity index (χ4v) is 3.55. The van der Waals surface area contributed by atoms with E-state index in [1.54, 1.807) is 30.3 Å². The maximum absolute atomic E-state index is 12.8. The average Bonchev–Trinajstić information content (AvgIpc) is 2.78. The van der Waals surface area contributed by atoms with Crippen LogP contribution in [0, 0.1) is 5.41 Å². The molecule has 0 amide bonds. The molecule has 33 heavy (non-hydrogen) atoms.